The van der Waals surface area contributed by atoms with E-state index >= 15 is 4.79 Å². The number of furan rings is 1. The minimum absolute atomic E-state index is 0.111. The van der Waals surface area contributed by atoms with Crippen molar-refractivity contribution in [1.82, 2.24) is 4.90 Å². The van der Waals surface area contributed by atoms with Gasteiger partial charge in [-0.3, -0.25) is 14.4 Å². The summed E-state index contributed by atoms with van der Waals surface area (Å²) in [5, 5.41) is 3.04. The van der Waals surface area contributed by atoms with Crippen molar-refractivity contribution in [3.8, 4) is 11.5 Å². The second-order valence-corrected chi connectivity index (χ2v) is 10.4. The van der Waals surface area contributed by atoms with Gasteiger partial charge in [-0.1, -0.05) is 42.5 Å². The molecule has 1 amide bonds. The fraction of sp³-hybridized carbons (Fsp3) is 0.182. The summed E-state index contributed by atoms with van der Waals surface area (Å²) in [4.78, 5) is 45.7. The highest BCUT2D eigenvalue weighted by atomic mass is 16.5. The molecule has 3 aliphatic rings. The summed E-state index contributed by atoms with van der Waals surface area (Å²) in [5.74, 6) is -1.40. The molecule has 1 aromatic heterocycles. The smallest absolute Gasteiger partial charge is 0.238 e. The zero-order valence-electron chi connectivity index (χ0n) is 22.4. The number of para-hydroxylation sites is 1. The molecule has 41 heavy (non-hydrogen) atoms. The number of nitrogens with zero attached hydrogens (tertiary/aromatic N) is 1. The molecule has 204 valence electrons. The number of fused-ring (bicyclic) bond motifs is 6. The van der Waals surface area contributed by atoms with E-state index < -0.39 is 35.0 Å². The standard InChI is InChI=1S/C33H26N2O6/c1-39-20-13-14-25(40-2)22(18-20)29(36)27-28(30(37)26-12-7-17-41-26)35-16-15-19-8-3-4-9-21(19)31(35)33(27)23-10-5-6-11-24(23)34-32(33)38/h3-18,27-28,31H,1-2H3,(H,34,38)/t27-,28+,31+,33+/m0/s1. The van der Waals surface area contributed by atoms with E-state index in [4.69, 9.17) is 13.9 Å². The van der Waals surface area contributed by atoms with Crippen molar-refractivity contribution >= 4 is 29.2 Å². The molecule has 3 aromatic carbocycles. The molecule has 7 rings (SSSR count). The Bertz CT molecular complexity index is 1740. The Morgan fingerprint density at radius 2 is 1.73 bits per heavy atom. The molecular formula is C33H26N2O6. The Kier molecular flexibility index (Phi) is 5.61. The minimum atomic E-state index is -1.45. The monoisotopic (exact) mass is 546 g/mol. The van der Waals surface area contributed by atoms with Crippen LogP contribution < -0.4 is 14.8 Å². The van der Waals surface area contributed by atoms with Crippen molar-refractivity contribution in [2.45, 2.75) is 17.5 Å². The third kappa shape index (κ3) is 3.37. The fourth-order valence-electron chi connectivity index (χ4n) is 6.91. The molecule has 0 bridgehead atoms. The average molecular weight is 547 g/mol. The number of hydrogen-bond donors (Lipinski definition) is 1. The summed E-state index contributed by atoms with van der Waals surface area (Å²) in [6.45, 7) is 0. The number of amides is 1. The number of carbonyl (C=O) groups is 3. The lowest BCUT2D eigenvalue weighted by atomic mass is 9.62. The summed E-state index contributed by atoms with van der Waals surface area (Å²) in [6.07, 6.45) is 5.17. The predicted molar refractivity (Wildman–Crippen MR) is 151 cm³/mol. The summed E-state index contributed by atoms with van der Waals surface area (Å²) in [7, 11) is 2.99. The Labute approximate surface area is 236 Å². The molecule has 1 saturated heterocycles. The molecular weight excluding hydrogens is 520 g/mol. The van der Waals surface area contributed by atoms with E-state index in [0.29, 0.717) is 22.7 Å². The number of methoxy groups -OCH3 is 2. The van der Waals surface area contributed by atoms with Gasteiger partial charge in [-0.2, -0.15) is 0 Å². The maximum absolute atomic E-state index is 15.0. The van der Waals surface area contributed by atoms with Gasteiger partial charge in [-0.15, -0.1) is 0 Å². The van der Waals surface area contributed by atoms with E-state index in [9.17, 15) is 9.59 Å². The third-order valence-electron chi connectivity index (χ3n) is 8.56. The van der Waals surface area contributed by atoms with Gasteiger partial charge in [-0.25, -0.2) is 0 Å². The van der Waals surface area contributed by atoms with Crippen LogP contribution in [0.5, 0.6) is 11.5 Å². The molecule has 8 heteroatoms. The number of rotatable bonds is 6. The van der Waals surface area contributed by atoms with Gasteiger partial charge in [0.2, 0.25) is 11.7 Å². The van der Waals surface area contributed by atoms with E-state index in [0.717, 1.165) is 11.1 Å². The maximum atomic E-state index is 15.0. The van der Waals surface area contributed by atoms with Gasteiger partial charge in [0.25, 0.3) is 0 Å². The van der Waals surface area contributed by atoms with Crippen LogP contribution in [0, 0.1) is 5.92 Å². The lowest BCUT2D eigenvalue weighted by Gasteiger charge is -2.38. The first-order valence-corrected chi connectivity index (χ1v) is 13.3. The van der Waals surface area contributed by atoms with Crippen LogP contribution in [0.2, 0.25) is 0 Å². The van der Waals surface area contributed by atoms with Gasteiger partial charge in [0.15, 0.2) is 11.5 Å². The van der Waals surface area contributed by atoms with Crippen molar-refractivity contribution in [2.24, 2.45) is 5.92 Å². The second kappa shape index (κ2) is 9.23. The number of nitrogens with one attached hydrogen (secondary N) is 1. The van der Waals surface area contributed by atoms with Crippen LogP contribution in [0.25, 0.3) is 6.08 Å². The second-order valence-electron chi connectivity index (χ2n) is 10.4. The summed E-state index contributed by atoms with van der Waals surface area (Å²) >= 11 is 0. The van der Waals surface area contributed by atoms with E-state index in [1.54, 1.807) is 30.3 Å². The van der Waals surface area contributed by atoms with Crippen molar-refractivity contribution in [3.05, 3.63) is 119 Å². The number of benzene rings is 3. The largest absolute Gasteiger partial charge is 0.497 e. The number of hydrogen-bond acceptors (Lipinski definition) is 7. The molecule has 0 aliphatic carbocycles. The molecule has 0 unspecified atom stereocenters. The Hall–Kier alpha value is -5.11. The molecule has 1 N–H and O–H groups in total. The van der Waals surface area contributed by atoms with Crippen molar-refractivity contribution in [3.63, 3.8) is 0 Å². The first kappa shape index (κ1) is 24.9. The van der Waals surface area contributed by atoms with E-state index in [2.05, 4.69) is 5.32 Å². The molecule has 1 fully saturated rings. The van der Waals surface area contributed by atoms with Crippen LogP contribution in [-0.4, -0.2) is 42.6 Å². The molecule has 0 saturated carbocycles. The Morgan fingerprint density at radius 1 is 0.927 bits per heavy atom. The van der Waals surface area contributed by atoms with Gasteiger partial charge in [0, 0.05) is 11.9 Å². The number of ketones is 2. The van der Waals surface area contributed by atoms with E-state index in [1.165, 1.54) is 20.5 Å². The van der Waals surface area contributed by atoms with Crippen LogP contribution in [0.3, 0.4) is 0 Å². The molecule has 8 nitrogen and oxygen atoms in total. The van der Waals surface area contributed by atoms with Gasteiger partial charge in [0.05, 0.1) is 38.0 Å². The molecule has 1 spiro atoms. The number of ether oxygens (including phenoxy) is 2. The molecule has 4 aromatic rings. The van der Waals surface area contributed by atoms with E-state index in [1.807, 2.05) is 65.7 Å². The first-order valence-electron chi connectivity index (χ1n) is 13.3. The normalized spacial score (nSPS) is 23.5. The lowest BCUT2D eigenvalue weighted by molar-refractivity contribution is -0.122. The topological polar surface area (TPSA) is 98.1 Å². The van der Waals surface area contributed by atoms with Crippen LogP contribution >= 0.6 is 0 Å². The summed E-state index contributed by atoms with van der Waals surface area (Å²) < 4.78 is 16.6. The van der Waals surface area contributed by atoms with Gasteiger partial charge < -0.3 is 24.1 Å². The maximum Gasteiger partial charge on any atom is 0.238 e. The molecule has 4 atom stereocenters. The molecule has 4 heterocycles. The predicted octanol–water partition coefficient (Wildman–Crippen LogP) is 5.28. The quantitative estimate of drug-likeness (QED) is 0.329. The lowest BCUT2D eigenvalue weighted by Crippen LogP contribution is -2.49. The number of Topliss-reactive ketones (excluding diaryl/α,β-unsaturated/α-hetero) is 2. The Morgan fingerprint density at radius 3 is 2.51 bits per heavy atom. The average Bonchev–Trinajstić information content (AvgIpc) is 3.73. The third-order valence-corrected chi connectivity index (χ3v) is 8.56. The van der Waals surface area contributed by atoms with Crippen molar-refractivity contribution in [1.29, 1.82) is 0 Å². The molecule has 0 radical (unpaired) electrons. The highest BCUT2D eigenvalue weighted by Gasteiger charge is 2.71. The van der Waals surface area contributed by atoms with E-state index in [-0.39, 0.29) is 17.2 Å². The van der Waals surface area contributed by atoms with Crippen LogP contribution in [0.15, 0.2) is 95.7 Å². The van der Waals surface area contributed by atoms with Gasteiger partial charge in [0.1, 0.15) is 23.0 Å². The Balaban J connectivity index is 1.56. The SMILES string of the molecule is COc1ccc(OC)c(C(=O)[C@@H]2[C@H](C(=O)c3ccco3)N3C=Cc4ccccc4[C@@H]3[C@]23C(=O)Nc2ccccc23)c1. The van der Waals surface area contributed by atoms with Gasteiger partial charge in [-0.05, 0) is 59.2 Å². The summed E-state index contributed by atoms with van der Waals surface area (Å²) in [5.41, 5.74) is 1.83. The zero-order chi connectivity index (χ0) is 28.3. The van der Waals surface area contributed by atoms with Crippen molar-refractivity contribution < 1.29 is 28.3 Å². The van der Waals surface area contributed by atoms with Crippen LogP contribution in [-0.2, 0) is 10.2 Å². The zero-order valence-corrected chi connectivity index (χ0v) is 22.4. The molecule has 3 aliphatic heterocycles. The fourth-order valence-corrected chi connectivity index (χ4v) is 6.91. The van der Waals surface area contributed by atoms with Gasteiger partial charge >= 0.3 is 0 Å². The summed E-state index contributed by atoms with van der Waals surface area (Å²) in [6, 6.07) is 21.6. The minimum Gasteiger partial charge on any atom is -0.497 e. The van der Waals surface area contributed by atoms with Crippen molar-refractivity contribution in [2.75, 3.05) is 19.5 Å². The number of anilines is 1. The van der Waals surface area contributed by atoms with Crippen LogP contribution in [0.4, 0.5) is 5.69 Å². The number of carbonyl (C=O) groups excluding carboxylic acids is 3. The van der Waals surface area contributed by atoms with Crippen LogP contribution in [0.1, 0.15) is 43.6 Å². The highest BCUT2D eigenvalue weighted by molar-refractivity contribution is 6.17. The first-order chi connectivity index (χ1) is 20.0. The highest BCUT2D eigenvalue weighted by Crippen LogP contribution is 2.62.